The minimum atomic E-state index is -0.599. The van der Waals surface area contributed by atoms with Gasteiger partial charge in [-0.3, -0.25) is 9.47 Å². The maximum Gasteiger partial charge on any atom is 0.411 e. The first kappa shape index (κ1) is 25.1. The van der Waals surface area contributed by atoms with Crippen molar-refractivity contribution in [2.75, 3.05) is 0 Å². The normalized spacial score (nSPS) is 19.3. The molecule has 0 N–H and O–H groups in total. The number of halogens is 1. The van der Waals surface area contributed by atoms with E-state index in [0.29, 0.717) is 29.5 Å². The van der Waals surface area contributed by atoms with Crippen LogP contribution in [0.3, 0.4) is 0 Å². The molecule has 1 aliphatic carbocycles. The predicted octanol–water partition coefficient (Wildman–Crippen LogP) is 6.15. The van der Waals surface area contributed by atoms with E-state index in [9.17, 15) is 4.79 Å². The Balaban J connectivity index is 1.36. The number of fused-ring (bicyclic) bond motifs is 3. The molecule has 1 fully saturated rings. The van der Waals surface area contributed by atoms with Gasteiger partial charge in [-0.15, -0.1) is 10.2 Å². The van der Waals surface area contributed by atoms with Crippen LogP contribution in [0, 0.1) is 11.3 Å². The molecular formula is C28H30ClN5O3. The van der Waals surface area contributed by atoms with Crippen LogP contribution in [0.1, 0.15) is 75.1 Å². The molecule has 2 heterocycles. The first-order chi connectivity index (χ1) is 17.7. The number of carbonyl (C=O) groups is 1. The van der Waals surface area contributed by atoms with Crippen molar-refractivity contribution in [3.05, 3.63) is 70.3 Å². The van der Waals surface area contributed by atoms with Crippen molar-refractivity contribution in [3.8, 4) is 17.5 Å². The predicted molar refractivity (Wildman–Crippen MR) is 139 cm³/mol. The van der Waals surface area contributed by atoms with Crippen molar-refractivity contribution in [2.24, 2.45) is 0 Å². The van der Waals surface area contributed by atoms with Crippen LogP contribution in [0.25, 0.3) is 5.69 Å². The molecule has 37 heavy (non-hydrogen) atoms. The van der Waals surface area contributed by atoms with E-state index >= 15 is 0 Å². The van der Waals surface area contributed by atoms with Crippen LogP contribution in [-0.2, 0) is 17.8 Å². The lowest BCUT2D eigenvalue weighted by molar-refractivity contribution is 0.0214. The summed E-state index contributed by atoms with van der Waals surface area (Å²) in [5.74, 6) is 2.62. The second-order valence-corrected chi connectivity index (χ2v) is 11.1. The lowest BCUT2D eigenvalue weighted by atomic mass is 9.86. The van der Waals surface area contributed by atoms with Gasteiger partial charge in [-0.25, -0.2) is 4.79 Å². The number of nitrogens with zero attached hydrogens (tertiary/aromatic N) is 5. The quantitative estimate of drug-likeness (QED) is 0.412. The van der Waals surface area contributed by atoms with Crippen molar-refractivity contribution in [1.29, 1.82) is 5.26 Å². The number of amides is 1. The van der Waals surface area contributed by atoms with Crippen LogP contribution >= 0.6 is 11.6 Å². The third-order valence-corrected chi connectivity index (χ3v) is 6.94. The highest BCUT2D eigenvalue weighted by molar-refractivity contribution is 6.30. The molecule has 0 saturated heterocycles. The van der Waals surface area contributed by atoms with Crippen molar-refractivity contribution >= 4 is 17.7 Å². The SMILES string of the molecule is CC(C)(C)OC(=O)N1Cc2cc(Cl)ccc2-n2c(nnc2[C@H]2CC[C@H](Oc3ccc(C#N)cc3)CC2)C1. The minimum Gasteiger partial charge on any atom is -0.490 e. The summed E-state index contributed by atoms with van der Waals surface area (Å²) in [6, 6.07) is 15.1. The van der Waals surface area contributed by atoms with Crippen molar-refractivity contribution < 1.29 is 14.3 Å². The molecule has 0 radical (unpaired) electrons. The summed E-state index contributed by atoms with van der Waals surface area (Å²) in [4.78, 5) is 14.6. The number of carbonyl (C=O) groups excluding carboxylic acids is 1. The monoisotopic (exact) mass is 519 g/mol. The molecule has 0 spiro atoms. The maximum absolute atomic E-state index is 13.0. The summed E-state index contributed by atoms with van der Waals surface area (Å²) >= 11 is 6.35. The molecule has 3 aromatic rings. The van der Waals surface area contributed by atoms with Gasteiger partial charge in [0.25, 0.3) is 0 Å². The summed E-state index contributed by atoms with van der Waals surface area (Å²) in [6.45, 7) is 6.24. The van der Waals surface area contributed by atoms with E-state index in [4.69, 9.17) is 26.3 Å². The second-order valence-electron chi connectivity index (χ2n) is 10.6. The van der Waals surface area contributed by atoms with Crippen molar-refractivity contribution in [3.63, 3.8) is 0 Å². The van der Waals surface area contributed by atoms with Gasteiger partial charge < -0.3 is 9.47 Å². The maximum atomic E-state index is 13.0. The van der Waals surface area contributed by atoms with Crippen LogP contribution in [0.5, 0.6) is 5.75 Å². The van der Waals surface area contributed by atoms with Gasteiger partial charge in [-0.1, -0.05) is 11.6 Å². The fourth-order valence-electron chi connectivity index (χ4n) is 4.99. The van der Waals surface area contributed by atoms with Gasteiger partial charge in [0.05, 0.1) is 36.5 Å². The van der Waals surface area contributed by atoms with Gasteiger partial charge in [0.1, 0.15) is 17.2 Å². The highest BCUT2D eigenvalue weighted by atomic mass is 35.5. The summed E-state index contributed by atoms with van der Waals surface area (Å²) < 4.78 is 13.9. The third-order valence-electron chi connectivity index (χ3n) is 6.71. The van der Waals surface area contributed by atoms with E-state index in [0.717, 1.165) is 48.5 Å². The fraction of sp³-hybridized carbons (Fsp3) is 0.429. The number of hydrogen-bond donors (Lipinski definition) is 0. The first-order valence-electron chi connectivity index (χ1n) is 12.6. The molecule has 1 amide bonds. The Bertz CT molecular complexity index is 1330. The van der Waals surface area contributed by atoms with E-state index < -0.39 is 11.7 Å². The van der Waals surface area contributed by atoms with Crippen molar-refractivity contribution in [2.45, 2.75) is 77.2 Å². The Kier molecular flexibility index (Phi) is 6.82. The average molecular weight is 520 g/mol. The average Bonchev–Trinajstić information content (AvgIpc) is 3.19. The molecular weight excluding hydrogens is 490 g/mol. The standard InChI is InChI=1S/C28H30ClN5O3/c1-28(2,3)37-27(35)33-16-20-14-21(29)8-13-24(20)34-25(17-33)31-32-26(34)19-6-11-23(12-7-19)36-22-9-4-18(15-30)5-10-22/h4-5,8-10,13-14,19,23H,6-7,11-12,16-17H2,1-3H3/t19-,23-. The van der Waals surface area contributed by atoms with Gasteiger partial charge in [0.2, 0.25) is 0 Å². The van der Waals surface area contributed by atoms with Crippen molar-refractivity contribution in [1.82, 2.24) is 19.7 Å². The van der Waals surface area contributed by atoms with Gasteiger partial charge in [-0.05, 0) is 94.5 Å². The molecule has 9 heteroatoms. The summed E-state index contributed by atoms with van der Waals surface area (Å²) in [5, 5.41) is 18.7. The van der Waals surface area contributed by atoms with Gasteiger partial charge >= 0.3 is 6.09 Å². The Morgan fingerprint density at radius 1 is 1.05 bits per heavy atom. The summed E-state index contributed by atoms with van der Waals surface area (Å²) in [6.07, 6.45) is 3.34. The van der Waals surface area contributed by atoms with E-state index in [1.54, 1.807) is 17.0 Å². The highest BCUT2D eigenvalue weighted by Crippen LogP contribution is 2.37. The number of ether oxygens (including phenoxy) is 2. The summed E-state index contributed by atoms with van der Waals surface area (Å²) in [7, 11) is 0. The fourth-order valence-corrected chi connectivity index (χ4v) is 5.18. The molecule has 2 aromatic carbocycles. The van der Waals surface area contributed by atoms with Crippen LogP contribution in [-0.4, -0.2) is 37.5 Å². The smallest absolute Gasteiger partial charge is 0.411 e. The van der Waals surface area contributed by atoms with E-state index in [-0.39, 0.29) is 12.0 Å². The van der Waals surface area contributed by atoms with Crippen LogP contribution in [0.2, 0.25) is 5.02 Å². The molecule has 1 saturated carbocycles. The first-order valence-corrected chi connectivity index (χ1v) is 13.0. The Morgan fingerprint density at radius 2 is 1.78 bits per heavy atom. The molecule has 8 nitrogen and oxygen atoms in total. The zero-order valence-electron chi connectivity index (χ0n) is 21.3. The highest BCUT2D eigenvalue weighted by Gasteiger charge is 2.33. The topological polar surface area (TPSA) is 93.3 Å². The zero-order chi connectivity index (χ0) is 26.2. The molecule has 5 rings (SSSR count). The lowest BCUT2D eigenvalue weighted by Crippen LogP contribution is -2.35. The molecule has 1 aliphatic heterocycles. The molecule has 0 bridgehead atoms. The number of hydrogen-bond acceptors (Lipinski definition) is 6. The van der Waals surface area contributed by atoms with Crippen LogP contribution in [0.4, 0.5) is 4.79 Å². The van der Waals surface area contributed by atoms with E-state index in [1.807, 2.05) is 51.1 Å². The molecule has 2 aliphatic rings. The number of nitriles is 1. The lowest BCUT2D eigenvalue weighted by Gasteiger charge is -2.29. The molecule has 0 atom stereocenters. The van der Waals surface area contributed by atoms with Gasteiger partial charge in [-0.2, -0.15) is 5.26 Å². The molecule has 1 aromatic heterocycles. The second kappa shape index (κ2) is 10.1. The Labute approximate surface area is 221 Å². The molecule has 0 unspecified atom stereocenters. The largest absolute Gasteiger partial charge is 0.490 e. The molecule has 192 valence electrons. The number of benzene rings is 2. The minimum absolute atomic E-state index is 0.115. The zero-order valence-corrected chi connectivity index (χ0v) is 22.0. The third kappa shape index (κ3) is 5.57. The van der Waals surface area contributed by atoms with Gasteiger partial charge in [0, 0.05) is 10.9 Å². The Hall–Kier alpha value is -3.57. The van der Waals surface area contributed by atoms with E-state index in [2.05, 4.69) is 20.8 Å². The van der Waals surface area contributed by atoms with Crippen LogP contribution in [0.15, 0.2) is 42.5 Å². The Morgan fingerprint density at radius 3 is 2.46 bits per heavy atom. The van der Waals surface area contributed by atoms with E-state index in [1.165, 1.54) is 0 Å². The summed E-state index contributed by atoms with van der Waals surface area (Å²) in [5.41, 5.74) is 1.89. The van der Waals surface area contributed by atoms with Gasteiger partial charge in [0.15, 0.2) is 5.82 Å². The van der Waals surface area contributed by atoms with Crippen LogP contribution < -0.4 is 4.74 Å². The number of aromatic nitrogens is 3. The number of rotatable bonds is 3.